The number of fused-ring (bicyclic) bond motifs is 32. The van der Waals surface area contributed by atoms with Crippen molar-refractivity contribution in [2.24, 2.45) is 33.7 Å². The minimum atomic E-state index is -1.13. The molecule has 0 bridgehead atoms. The Kier molecular flexibility index (Phi) is 20.6. The predicted octanol–water partition coefficient (Wildman–Crippen LogP) is 27.8. The van der Waals surface area contributed by atoms with E-state index in [1.807, 2.05) is 72.8 Å². The lowest BCUT2D eigenvalue weighted by molar-refractivity contribution is -0.110. The van der Waals surface area contributed by atoms with Gasteiger partial charge < -0.3 is 0 Å². The van der Waals surface area contributed by atoms with Crippen molar-refractivity contribution in [3.63, 3.8) is 0 Å². The van der Waals surface area contributed by atoms with Gasteiger partial charge in [-0.25, -0.2) is 47.5 Å². The molecule has 6 saturated carbocycles. The number of nitriles is 8. The van der Waals surface area contributed by atoms with Gasteiger partial charge in [0, 0.05) is 76.7 Å². The molecule has 8 aromatic heterocycles. The molecule has 27 rings (SSSR count). The van der Waals surface area contributed by atoms with E-state index in [1.165, 1.54) is 113 Å². The largest absolute Gasteiger partial charge is 0.285 e. The van der Waals surface area contributed by atoms with E-state index in [9.17, 15) is 61.3 Å². The lowest BCUT2D eigenvalue weighted by Gasteiger charge is -2.45. The summed E-state index contributed by atoms with van der Waals surface area (Å²) in [7, 11) is 0. The summed E-state index contributed by atoms with van der Waals surface area (Å²) in [6, 6.07) is 41.4. The normalized spacial score (nSPS) is 23.8. The van der Waals surface area contributed by atoms with Crippen molar-refractivity contribution < 1.29 is 36.7 Å². The van der Waals surface area contributed by atoms with Crippen molar-refractivity contribution in [1.29, 1.82) is 42.1 Å². The summed E-state index contributed by atoms with van der Waals surface area (Å²) in [6.45, 7) is 0. The number of halogens is 4. The van der Waals surface area contributed by atoms with Gasteiger partial charge in [-0.2, -0.15) is 52.1 Å². The third kappa shape index (κ3) is 13.0. The van der Waals surface area contributed by atoms with Crippen molar-refractivity contribution in [3.8, 4) is 131 Å². The Morgan fingerprint density at radius 3 is 0.911 bits per heavy atom. The van der Waals surface area contributed by atoms with Crippen LogP contribution in [0.3, 0.4) is 0 Å². The Hall–Kier alpha value is -14.1. The van der Waals surface area contributed by atoms with E-state index in [0.29, 0.717) is 64.0 Å². The lowest BCUT2D eigenvalue weighted by atomic mass is 9.59. The maximum Gasteiger partial charge on any atom is 0.237 e. The van der Waals surface area contributed by atoms with Crippen LogP contribution in [0.4, 0.5) is 27.8 Å². The number of ketones is 4. The zero-order chi connectivity index (χ0) is 99.4. The van der Waals surface area contributed by atoms with Crippen molar-refractivity contribution >= 4 is 171 Å². The maximum absolute atomic E-state index is 15.8. The van der Waals surface area contributed by atoms with Crippen LogP contribution < -0.4 is 0 Å². The van der Waals surface area contributed by atoms with E-state index in [1.54, 1.807) is 34.8 Å². The Bertz CT molecular complexity index is 8740. The van der Waals surface area contributed by atoms with Crippen LogP contribution in [0.15, 0.2) is 106 Å². The number of thiazole rings is 6. The molecule has 0 N–H and O–H groups in total. The summed E-state index contributed by atoms with van der Waals surface area (Å²) in [5.41, 5.74) is 14.1. The minimum Gasteiger partial charge on any atom is -0.285 e. The van der Waals surface area contributed by atoms with Crippen LogP contribution in [-0.4, -0.2) is 64.5 Å². The molecule has 13 aromatic rings. The second-order valence-corrected chi connectivity index (χ2v) is 49.6. The molecule has 8 heterocycles. The molecule has 146 heavy (non-hydrogen) atoms. The van der Waals surface area contributed by atoms with Gasteiger partial charge in [-0.05, 0) is 316 Å². The van der Waals surface area contributed by atoms with Crippen LogP contribution in [0.5, 0.6) is 0 Å². The third-order valence-corrected chi connectivity index (χ3v) is 43.6. The maximum atomic E-state index is 15.8. The molecule has 6 fully saturated rings. The standard InChI is InChI=1S/C114H74F4N16O4S8/c115-59-33-65-67(89(135)91(137)87(65)81(117)35-59)43-85-129-99-93(141-85)69-38-78-70(37-77(69)111(99)23-11-55(12-24-111)57-15-27-113(28-16-57)79-40-71-75(39-72(79)96-102(113)132-106(144-96)84-10-8-64(140-84)32-54(47-121)48-122)109(19-3-1-4-20-109)101-95(71)143-105(131-101)83-9-7-63(139-83)31-53(45-119)46-120)94-100(130-86(142-94)44-68-66-34-60(116)36-82(118)88(66)92(138)90(68)136)112(78)25-13-56(14-26-112)58-17-29-114(30-18-58)80-42-73-76(41-74(80)98-104(114)134-108(146-98)128-62(51-125)52-126)110(21-5-2-6-22-110)103-97(73)145-107(133-103)127-61(49-123)50-124/h7-10,31-44,55-58H,1-6,11-30H2/b67-43-,68-44-. The molecule has 0 amide bonds. The molecule has 0 radical (unpaired) electrons. The molecule has 0 saturated heterocycles. The summed E-state index contributed by atoms with van der Waals surface area (Å²) in [5, 5.41) is 82.0. The van der Waals surface area contributed by atoms with Crippen LogP contribution in [-0.2, 0) is 42.1 Å². The quantitative estimate of drug-likeness (QED) is 0.0403. The summed E-state index contributed by atoms with van der Waals surface area (Å²) in [6.07, 6.45) is 28.8. The Morgan fingerprint density at radius 2 is 0.603 bits per heavy atom. The van der Waals surface area contributed by atoms with E-state index in [0.717, 1.165) is 280 Å². The second kappa shape index (κ2) is 33.2. The number of thiophene rings is 2. The minimum absolute atomic E-state index is 0.0170. The van der Waals surface area contributed by atoms with Gasteiger partial charge in [0.05, 0.1) is 84.3 Å². The molecular formula is C114H74F4N16O4S8. The first-order valence-corrected chi connectivity index (χ1v) is 55.8. The average Bonchev–Trinajstić information content (AvgIpc) is 1.52. The highest BCUT2D eigenvalue weighted by atomic mass is 32.1. The van der Waals surface area contributed by atoms with Gasteiger partial charge in [0.1, 0.15) is 103 Å². The Morgan fingerprint density at radius 1 is 0.315 bits per heavy atom. The first-order valence-electron chi connectivity index (χ1n) is 49.3. The summed E-state index contributed by atoms with van der Waals surface area (Å²) in [4.78, 5) is 108. The number of aromatic nitrogens is 6. The smallest absolute Gasteiger partial charge is 0.237 e. The first kappa shape index (κ1) is 90.6. The molecular weight excluding hydrogens is 1990 g/mol. The summed E-state index contributed by atoms with van der Waals surface area (Å²) < 4.78 is 62.3. The predicted molar refractivity (Wildman–Crippen MR) is 553 cm³/mol. The van der Waals surface area contributed by atoms with E-state index in [-0.39, 0.29) is 68.0 Å². The molecule has 710 valence electrons. The first-order chi connectivity index (χ1) is 71.0. The number of aliphatic imine (C=N–C) groups is 2. The van der Waals surface area contributed by atoms with Gasteiger partial charge in [-0.3, -0.25) is 19.2 Å². The van der Waals surface area contributed by atoms with Crippen LogP contribution >= 0.6 is 90.7 Å². The van der Waals surface area contributed by atoms with Gasteiger partial charge in [0.25, 0.3) is 0 Å². The average molecular weight is 2060 g/mol. The number of carbonyl (C=O) groups excluding carboxylic acids is 4. The number of benzene rings is 5. The second-order valence-electron chi connectivity index (χ2n) is 41.4. The molecule has 0 unspecified atom stereocenters. The monoisotopic (exact) mass is 2060 g/mol. The Balaban J connectivity index is 0.541. The van der Waals surface area contributed by atoms with Crippen LogP contribution in [0.25, 0.3) is 118 Å². The molecule has 20 nitrogen and oxygen atoms in total. The summed E-state index contributed by atoms with van der Waals surface area (Å²) in [5.74, 6) is -7.10. The van der Waals surface area contributed by atoms with Gasteiger partial charge in [-0.1, -0.05) is 61.2 Å². The van der Waals surface area contributed by atoms with E-state index in [4.69, 9.17) is 29.9 Å². The summed E-state index contributed by atoms with van der Waals surface area (Å²) >= 11 is 12.0. The van der Waals surface area contributed by atoms with Gasteiger partial charge in [-0.15, -0.1) is 68.0 Å². The Labute approximate surface area is 865 Å². The van der Waals surface area contributed by atoms with E-state index >= 15 is 17.6 Å². The van der Waals surface area contributed by atoms with E-state index < -0.39 is 84.6 Å². The SMILES string of the molecule is N#CC(C#N)=Cc1ccc(-c2nc3c(s2)-c2cc4c(cc2C32CCCCC2)-c2sc(-c3ccc(C=C(C#N)C#N)s3)nc2C42CCC(C3CCC4(CC3)c3cc5c(cc3-c3sc(/C=C6\C(=O)C(=O)c7c(F)cc(F)cc76)nc34)C3(CCC(C4CCC6(CC4)c4cc7c(cc4-c4sc(N=C(C#N)C#N)nc46)C4(CCCCC4)c4nc(N=C(C#N)C#N)sc4-7)CC3)c3nc(/C=C4\C(=O)C(=O)c6c(F)cc(F)cc64)sc3-5)CC2)s1. The van der Waals surface area contributed by atoms with Crippen molar-refractivity contribution in [1.82, 2.24) is 29.9 Å². The zero-order valence-corrected chi connectivity index (χ0v) is 84.2. The molecule has 14 aliphatic carbocycles. The van der Waals surface area contributed by atoms with Crippen LogP contribution in [0.2, 0.25) is 0 Å². The van der Waals surface area contributed by atoms with E-state index in [2.05, 4.69) is 46.4 Å². The van der Waals surface area contributed by atoms with Gasteiger partial charge in [0.2, 0.25) is 44.8 Å². The van der Waals surface area contributed by atoms with Gasteiger partial charge in [0.15, 0.2) is 0 Å². The molecule has 5 aromatic carbocycles. The molecule has 6 spiro atoms. The van der Waals surface area contributed by atoms with Crippen LogP contribution in [0, 0.1) is 138 Å². The fourth-order valence-electron chi connectivity index (χ4n) is 28.4. The molecule has 0 atom stereocenters. The molecule has 32 heteroatoms. The number of hydrogen-bond acceptors (Lipinski definition) is 28. The number of hydrogen-bond donors (Lipinski definition) is 0. The van der Waals surface area contributed by atoms with Crippen LogP contribution in [0.1, 0.15) is 286 Å². The topological polar surface area (TPSA) is 361 Å². The zero-order valence-electron chi connectivity index (χ0n) is 77.7. The fourth-order valence-corrected chi connectivity index (χ4v) is 37.2. The number of rotatable bonds is 10. The highest BCUT2D eigenvalue weighted by Crippen LogP contribution is 2.72. The van der Waals surface area contributed by atoms with Crippen molar-refractivity contribution in [3.05, 3.63) is 229 Å². The molecule has 14 aliphatic rings. The highest BCUT2D eigenvalue weighted by Gasteiger charge is 2.60. The third-order valence-electron chi connectivity index (χ3n) is 35.0. The number of Topliss-reactive ketones (excluding diaryl/α,β-unsaturated/α-hetero) is 4. The number of allylic oxidation sites excluding steroid dienone is 4. The van der Waals surface area contributed by atoms with Crippen molar-refractivity contribution in [2.75, 3.05) is 0 Å². The fraction of sp³-hybridized carbons (Fsp3) is 0.316. The van der Waals surface area contributed by atoms with Gasteiger partial charge >= 0.3 is 0 Å². The lowest BCUT2D eigenvalue weighted by Crippen LogP contribution is -2.38. The van der Waals surface area contributed by atoms with Crippen molar-refractivity contribution in [2.45, 2.75) is 199 Å². The highest BCUT2D eigenvalue weighted by molar-refractivity contribution is 7.25. The number of nitrogens with zero attached hydrogens (tertiary/aromatic N) is 16. The molecule has 0 aliphatic heterocycles. The number of carbonyl (C=O) groups is 4.